The van der Waals surface area contributed by atoms with E-state index in [0.29, 0.717) is 0 Å². The van der Waals surface area contributed by atoms with Gasteiger partial charge in [-0.3, -0.25) is 0 Å². The Morgan fingerprint density at radius 1 is 0.325 bits per heavy atom. The molecule has 0 radical (unpaired) electrons. The van der Waals surface area contributed by atoms with Gasteiger partial charge in [0.1, 0.15) is 0 Å². The van der Waals surface area contributed by atoms with Gasteiger partial charge in [-0.2, -0.15) is 0 Å². The zero-order valence-corrected chi connectivity index (χ0v) is 50.8. The smallest absolute Gasteiger partial charge is 0.252 e. The molecule has 3 aliphatic heterocycles. The number of rotatable bonds is 1. The van der Waals surface area contributed by atoms with Crippen molar-refractivity contribution in [1.29, 1.82) is 0 Å². The number of hydrogen-bond donors (Lipinski definition) is 0. The molecule has 1 spiro atoms. The third-order valence-electron chi connectivity index (χ3n) is 19.7. The van der Waals surface area contributed by atoms with E-state index < -0.39 is 5.41 Å². The molecule has 0 bridgehead atoms. The third-order valence-corrected chi connectivity index (χ3v) is 19.7. The maximum Gasteiger partial charge on any atom is 0.252 e. The van der Waals surface area contributed by atoms with E-state index in [0.717, 1.165) is 0 Å². The lowest BCUT2D eigenvalue weighted by molar-refractivity contribution is 0.534. The highest BCUT2D eigenvalue weighted by Crippen LogP contribution is 2.63. The van der Waals surface area contributed by atoms with E-state index in [1.54, 1.807) is 0 Å². The molecule has 0 atom stereocenters. The second-order valence-electron chi connectivity index (χ2n) is 31.0. The number of aromatic nitrogens is 2. The van der Waals surface area contributed by atoms with Gasteiger partial charge in [-0.15, -0.1) is 0 Å². The summed E-state index contributed by atoms with van der Waals surface area (Å²) in [7, 11) is 0. The Bertz CT molecular complexity index is 4590. The molecule has 0 unspecified atom stereocenters. The average molecular weight is 1040 g/mol. The van der Waals surface area contributed by atoms with Gasteiger partial charge in [0.25, 0.3) is 6.71 Å². The van der Waals surface area contributed by atoms with E-state index in [1.807, 2.05) is 0 Å². The molecule has 0 saturated heterocycles. The molecule has 2 aromatic heterocycles. The molecule has 0 saturated carbocycles. The van der Waals surface area contributed by atoms with E-state index in [1.165, 1.54) is 160 Å². The molecule has 15 rings (SSSR count). The van der Waals surface area contributed by atoms with Gasteiger partial charge in [0.2, 0.25) is 0 Å². The van der Waals surface area contributed by atoms with Crippen LogP contribution in [0.3, 0.4) is 0 Å². The summed E-state index contributed by atoms with van der Waals surface area (Å²) in [5, 5.41) is 8.09. The second-order valence-corrected chi connectivity index (χ2v) is 31.0. The van der Waals surface area contributed by atoms with Gasteiger partial charge in [0, 0.05) is 43.8 Å². The van der Waals surface area contributed by atoms with Crippen molar-refractivity contribution >= 4 is 77.5 Å². The maximum absolute atomic E-state index is 2.83. The highest BCUT2D eigenvalue weighted by molar-refractivity contribution is 7.00. The van der Waals surface area contributed by atoms with Crippen molar-refractivity contribution in [2.24, 2.45) is 0 Å². The number of fused-ring (bicyclic) bond motifs is 15. The summed E-state index contributed by atoms with van der Waals surface area (Å²) in [6.07, 6.45) is 0. The van der Waals surface area contributed by atoms with Crippen LogP contribution in [0.5, 0.6) is 0 Å². The standard InChI is InChI=1S/C77H77BN2/c1-71(2,3)42-30-33-63-51(34-42)52-36-44(73(7,8)9)39-61-67(52)79(63)69-55(46-26-23-27-50-47(46)31-32-58(75(13,14)15)64(50)76(16,17)18)41-60-70-65(69)78(61)62-40-45(74(10,11)12)37-54-53-35-43(72(4,5)6)38-59(66(53)80(70)68(54)62)77(60)56-28-21-19-24-48(56)49-25-20-22-29-57(49)77/h19-41H,1-18H3. The van der Waals surface area contributed by atoms with E-state index in [2.05, 4.69) is 273 Å². The van der Waals surface area contributed by atoms with Crippen LogP contribution in [0.1, 0.15) is 180 Å². The van der Waals surface area contributed by atoms with Crippen molar-refractivity contribution < 1.29 is 0 Å². The number of hydrogen-bond acceptors (Lipinski definition) is 0. The highest BCUT2D eigenvalue weighted by atomic mass is 15.1. The Hall–Kier alpha value is -7.10. The lowest BCUT2D eigenvalue weighted by Crippen LogP contribution is -2.61. The molecule has 1 aliphatic carbocycles. The molecule has 0 N–H and O–H groups in total. The van der Waals surface area contributed by atoms with Gasteiger partial charge in [0.15, 0.2) is 0 Å². The summed E-state index contributed by atoms with van der Waals surface area (Å²) in [4.78, 5) is 0. The largest absolute Gasteiger partial charge is 0.310 e. The predicted molar refractivity (Wildman–Crippen MR) is 346 cm³/mol. The van der Waals surface area contributed by atoms with Crippen molar-refractivity contribution in [3.63, 3.8) is 0 Å². The fourth-order valence-electron chi connectivity index (χ4n) is 15.8. The maximum atomic E-state index is 2.83. The summed E-state index contributed by atoms with van der Waals surface area (Å²) in [5.74, 6) is 0. The first-order valence-corrected chi connectivity index (χ1v) is 29.8. The van der Waals surface area contributed by atoms with Crippen LogP contribution in [0.15, 0.2) is 140 Å². The summed E-state index contributed by atoms with van der Waals surface area (Å²) in [6, 6.07) is 57.2. The van der Waals surface area contributed by atoms with Crippen molar-refractivity contribution in [1.82, 2.24) is 9.13 Å². The zero-order valence-electron chi connectivity index (χ0n) is 50.8. The topological polar surface area (TPSA) is 9.86 Å². The van der Waals surface area contributed by atoms with Crippen molar-refractivity contribution in [2.45, 2.75) is 163 Å². The van der Waals surface area contributed by atoms with Crippen LogP contribution in [0, 0.1) is 0 Å². The third kappa shape index (κ3) is 6.28. The Kier molecular flexibility index (Phi) is 9.52. The van der Waals surface area contributed by atoms with Crippen molar-refractivity contribution in [2.75, 3.05) is 0 Å². The van der Waals surface area contributed by atoms with Crippen molar-refractivity contribution in [3.05, 3.63) is 195 Å². The first kappa shape index (κ1) is 49.9. The lowest BCUT2D eigenvalue weighted by Gasteiger charge is -2.45. The predicted octanol–water partition coefficient (Wildman–Crippen LogP) is 18.3. The average Bonchev–Trinajstić information content (AvgIpc) is 2.41. The molecule has 11 aromatic rings. The van der Waals surface area contributed by atoms with Crippen molar-refractivity contribution in [3.8, 4) is 33.6 Å². The minimum absolute atomic E-state index is 0.0309. The first-order chi connectivity index (χ1) is 37.5. The van der Waals surface area contributed by atoms with Gasteiger partial charge < -0.3 is 9.13 Å². The molecular weight excluding hydrogens is 964 g/mol. The molecule has 5 heterocycles. The lowest BCUT2D eigenvalue weighted by atomic mass is 9.33. The summed E-state index contributed by atoms with van der Waals surface area (Å²) < 4.78 is 5.61. The highest BCUT2D eigenvalue weighted by Gasteiger charge is 2.55. The van der Waals surface area contributed by atoms with Crippen LogP contribution in [-0.2, 0) is 37.9 Å². The first-order valence-electron chi connectivity index (χ1n) is 29.8. The van der Waals surface area contributed by atoms with Crippen LogP contribution >= 0.6 is 0 Å². The normalized spacial score (nSPS) is 15.2. The Balaban J connectivity index is 1.26. The van der Waals surface area contributed by atoms with E-state index in [4.69, 9.17) is 0 Å². The van der Waals surface area contributed by atoms with Crippen LogP contribution in [0.4, 0.5) is 0 Å². The molecule has 398 valence electrons. The molecule has 3 heteroatoms. The minimum Gasteiger partial charge on any atom is -0.310 e. The Morgan fingerprint density at radius 3 is 1.40 bits per heavy atom. The van der Waals surface area contributed by atoms with E-state index >= 15 is 0 Å². The van der Waals surface area contributed by atoms with Crippen LogP contribution in [-0.4, -0.2) is 15.8 Å². The summed E-state index contributed by atoms with van der Waals surface area (Å²) >= 11 is 0. The monoisotopic (exact) mass is 1040 g/mol. The van der Waals surface area contributed by atoms with Crippen LogP contribution in [0.25, 0.3) is 88.0 Å². The Labute approximate surface area is 475 Å². The molecular formula is C77H77BN2. The quantitative estimate of drug-likeness (QED) is 0.145. The SMILES string of the molecule is CC(C)(C)c1ccc2c(c1)c1cc(C(C)(C)C)cc3c1n2-c1c(-c2cccc4c(C(C)(C)C)c(C(C)(C)C)ccc24)cc2c4c1B3c1cc(C(C)(C)C)cc3c5cc(C(C)(C)C)cc(c5n-4c13)C21c2ccccc2-c2ccccc21. The summed E-state index contributed by atoms with van der Waals surface area (Å²) in [5.41, 5.74) is 30.3. The van der Waals surface area contributed by atoms with Crippen LogP contribution < -0.4 is 16.4 Å². The molecule has 0 fully saturated rings. The minimum atomic E-state index is -0.644. The number of benzene rings is 9. The van der Waals surface area contributed by atoms with E-state index in [9.17, 15) is 0 Å². The van der Waals surface area contributed by atoms with Gasteiger partial charge >= 0.3 is 0 Å². The second kappa shape index (κ2) is 15.3. The zero-order chi connectivity index (χ0) is 56.2. The molecule has 2 nitrogen and oxygen atoms in total. The molecule has 0 amide bonds. The molecule has 4 aliphatic rings. The summed E-state index contributed by atoms with van der Waals surface area (Å²) in [6.45, 7) is 43.2. The van der Waals surface area contributed by atoms with Crippen LogP contribution in [0.2, 0.25) is 0 Å². The fraction of sp³-hybridized carbons (Fsp3) is 0.325. The van der Waals surface area contributed by atoms with E-state index in [-0.39, 0.29) is 39.2 Å². The van der Waals surface area contributed by atoms with Gasteiger partial charge in [-0.1, -0.05) is 228 Å². The fourth-order valence-corrected chi connectivity index (χ4v) is 15.8. The van der Waals surface area contributed by atoms with Gasteiger partial charge in [-0.05, 0) is 168 Å². The van der Waals surface area contributed by atoms with Gasteiger partial charge in [-0.25, -0.2) is 0 Å². The van der Waals surface area contributed by atoms with Gasteiger partial charge in [0.05, 0.1) is 22.1 Å². The Morgan fingerprint density at radius 2 is 0.838 bits per heavy atom. The number of nitrogens with zero attached hydrogens (tertiary/aromatic N) is 2. The molecule has 9 aromatic carbocycles. The molecule has 80 heavy (non-hydrogen) atoms.